The number of rotatable bonds is 5. The van der Waals surface area contributed by atoms with Crippen molar-refractivity contribution in [2.75, 3.05) is 14.7 Å². The average molecular weight is 940 g/mol. The van der Waals surface area contributed by atoms with Gasteiger partial charge in [0.25, 0.3) is 6.71 Å². The minimum Gasteiger partial charge on any atom is -0.334 e. The number of fused-ring (bicyclic) bond motifs is 7. The van der Waals surface area contributed by atoms with Gasteiger partial charge in [0.1, 0.15) is 0 Å². The van der Waals surface area contributed by atoms with E-state index in [1.807, 2.05) is 0 Å². The molecule has 0 N–H and O–H groups in total. The van der Waals surface area contributed by atoms with Gasteiger partial charge >= 0.3 is 0 Å². The molecule has 360 valence electrons. The van der Waals surface area contributed by atoms with Crippen molar-refractivity contribution >= 4 is 68.6 Å². The summed E-state index contributed by atoms with van der Waals surface area (Å²) in [7, 11) is 0. The maximum atomic E-state index is 2.78. The fourth-order valence-corrected chi connectivity index (χ4v) is 13.6. The summed E-state index contributed by atoms with van der Waals surface area (Å²) in [5.74, 6) is 0. The van der Waals surface area contributed by atoms with Crippen molar-refractivity contribution in [3.8, 4) is 11.1 Å². The molecule has 3 heterocycles. The highest BCUT2D eigenvalue weighted by Crippen LogP contribution is 2.64. The molecule has 0 saturated heterocycles. The molecule has 72 heavy (non-hydrogen) atoms. The third-order valence-electron chi connectivity index (χ3n) is 17.3. The Balaban J connectivity index is 1.10. The first kappa shape index (κ1) is 46.3. The van der Waals surface area contributed by atoms with Gasteiger partial charge in [0.2, 0.25) is 0 Å². The standard InChI is InChI=1S/C68H70BN3/c1-45-41-61-63-62(42-45)71(57-38-33-50(66(8,9)10)43-53(57)46-21-13-12-14-22-46)59-26-18-16-24-55(59)69(63)56-37-36-52(44-60(56)70(61)51-34-31-48(32-35-51)65(5,6)7)72-58-25-17-15-23-54(58)68(40-20-19-39-67(68,72)11)49-29-27-47(28-30-49)64(2,3)4/h12-18,21-38,41-44H,19-20,39-40H2,1-11H3. The van der Waals surface area contributed by atoms with Crippen LogP contribution in [0, 0.1) is 6.92 Å². The van der Waals surface area contributed by atoms with Crippen LogP contribution in [0.4, 0.5) is 45.5 Å². The Bertz CT molecular complexity index is 3400. The molecule has 4 heteroatoms. The van der Waals surface area contributed by atoms with Gasteiger partial charge in [-0.05, 0) is 159 Å². The Hall–Kier alpha value is -6.78. The number of nitrogens with zero attached hydrogens (tertiary/aromatic N) is 3. The largest absolute Gasteiger partial charge is 0.334 e. The van der Waals surface area contributed by atoms with E-state index in [9.17, 15) is 0 Å². The van der Waals surface area contributed by atoms with Gasteiger partial charge in [-0.3, -0.25) is 0 Å². The first-order valence-corrected chi connectivity index (χ1v) is 26.7. The van der Waals surface area contributed by atoms with E-state index in [1.54, 1.807) is 0 Å². The Morgan fingerprint density at radius 1 is 0.444 bits per heavy atom. The number of anilines is 8. The lowest BCUT2D eigenvalue weighted by Gasteiger charge is -2.52. The molecular weight excluding hydrogens is 870 g/mol. The average Bonchev–Trinajstić information content (AvgIpc) is 3.61. The van der Waals surface area contributed by atoms with Crippen molar-refractivity contribution in [1.82, 2.24) is 0 Å². The van der Waals surface area contributed by atoms with Gasteiger partial charge < -0.3 is 14.7 Å². The van der Waals surface area contributed by atoms with Gasteiger partial charge in [-0.1, -0.05) is 190 Å². The van der Waals surface area contributed by atoms with Crippen LogP contribution in [0.25, 0.3) is 11.1 Å². The quantitative estimate of drug-likeness (QED) is 0.159. The van der Waals surface area contributed by atoms with Gasteiger partial charge in [0, 0.05) is 50.8 Å². The molecule has 1 fully saturated rings. The van der Waals surface area contributed by atoms with E-state index in [0.29, 0.717) is 0 Å². The zero-order chi connectivity index (χ0) is 50.1. The van der Waals surface area contributed by atoms with Gasteiger partial charge in [0.05, 0.1) is 11.2 Å². The van der Waals surface area contributed by atoms with E-state index < -0.39 is 0 Å². The zero-order valence-corrected chi connectivity index (χ0v) is 44.5. The van der Waals surface area contributed by atoms with Crippen LogP contribution >= 0.6 is 0 Å². The lowest BCUT2D eigenvalue weighted by Crippen LogP contribution is -2.61. The fraction of sp³-hybridized carbons (Fsp3) is 0.294. The summed E-state index contributed by atoms with van der Waals surface area (Å²) < 4.78 is 0. The smallest absolute Gasteiger partial charge is 0.252 e. The highest BCUT2D eigenvalue weighted by Gasteiger charge is 2.61. The van der Waals surface area contributed by atoms with E-state index >= 15 is 0 Å². The number of aryl methyl sites for hydroxylation is 1. The van der Waals surface area contributed by atoms with E-state index in [-0.39, 0.29) is 33.9 Å². The second kappa shape index (κ2) is 16.4. The lowest BCUT2D eigenvalue weighted by molar-refractivity contribution is 0.215. The van der Waals surface area contributed by atoms with E-state index in [0.717, 1.165) is 12.8 Å². The second-order valence-electron chi connectivity index (χ2n) is 24.8. The maximum Gasteiger partial charge on any atom is 0.252 e. The predicted octanol–water partition coefficient (Wildman–Crippen LogP) is 16.4. The molecule has 0 aromatic heterocycles. The van der Waals surface area contributed by atoms with Crippen LogP contribution in [0.15, 0.2) is 176 Å². The molecule has 4 aliphatic rings. The molecule has 12 rings (SSSR count). The molecule has 8 aromatic carbocycles. The molecule has 2 unspecified atom stereocenters. The van der Waals surface area contributed by atoms with E-state index in [1.165, 1.54) is 119 Å². The first-order chi connectivity index (χ1) is 34.4. The molecule has 0 radical (unpaired) electrons. The van der Waals surface area contributed by atoms with Gasteiger partial charge in [0.15, 0.2) is 0 Å². The van der Waals surface area contributed by atoms with Crippen molar-refractivity contribution in [2.24, 2.45) is 0 Å². The molecule has 2 atom stereocenters. The Kier molecular flexibility index (Phi) is 10.5. The highest BCUT2D eigenvalue weighted by molar-refractivity contribution is 7.00. The van der Waals surface area contributed by atoms with Crippen LogP contribution in [-0.4, -0.2) is 12.3 Å². The summed E-state index contributed by atoms with van der Waals surface area (Å²) in [5, 5.41) is 0. The maximum absolute atomic E-state index is 2.78. The predicted molar refractivity (Wildman–Crippen MR) is 309 cm³/mol. The molecule has 1 aliphatic carbocycles. The summed E-state index contributed by atoms with van der Waals surface area (Å²) in [4.78, 5) is 7.98. The molecule has 0 bridgehead atoms. The van der Waals surface area contributed by atoms with Crippen molar-refractivity contribution in [3.05, 3.63) is 209 Å². The summed E-state index contributed by atoms with van der Waals surface area (Å²) in [6.07, 6.45) is 4.65. The van der Waals surface area contributed by atoms with Crippen molar-refractivity contribution < 1.29 is 0 Å². The molecule has 0 amide bonds. The van der Waals surface area contributed by atoms with Gasteiger partial charge in [-0.2, -0.15) is 0 Å². The van der Waals surface area contributed by atoms with Crippen LogP contribution in [0.3, 0.4) is 0 Å². The zero-order valence-electron chi connectivity index (χ0n) is 44.5. The van der Waals surface area contributed by atoms with Crippen molar-refractivity contribution in [1.29, 1.82) is 0 Å². The Morgan fingerprint density at radius 2 is 1.00 bits per heavy atom. The van der Waals surface area contributed by atoms with Crippen LogP contribution in [0.2, 0.25) is 0 Å². The van der Waals surface area contributed by atoms with Crippen molar-refractivity contribution in [2.45, 2.75) is 129 Å². The Labute approximate surface area is 430 Å². The van der Waals surface area contributed by atoms with E-state index in [4.69, 9.17) is 0 Å². The molecule has 3 aliphatic heterocycles. The monoisotopic (exact) mass is 940 g/mol. The lowest BCUT2D eigenvalue weighted by atomic mass is 9.33. The molecule has 1 saturated carbocycles. The van der Waals surface area contributed by atoms with Crippen LogP contribution in [0.5, 0.6) is 0 Å². The SMILES string of the molecule is Cc1cc2c3c(c1)N(c1ccc(C(C)(C)C)cc1-c1ccccc1)c1ccccc1B3c1ccc(N3c4ccccc4C4(c5ccc(C(C)(C)C)cc5)CCCCC34C)cc1N2c1ccc(C(C)(C)C)cc1. The summed E-state index contributed by atoms with van der Waals surface area (Å²) in [6, 6.07) is 68.5. The normalized spacial score (nSPS) is 19.1. The second-order valence-corrected chi connectivity index (χ2v) is 24.8. The fourth-order valence-electron chi connectivity index (χ4n) is 13.6. The minimum absolute atomic E-state index is 0.00812. The van der Waals surface area contributed by atoms with Crippen LogP contribution in [-0.2, 0) is 21.7 Å². The third kappa shape index (κ3) is 6.98. The first-order valence-electron chi connectivity index (χ1n) is 26.7. The highest BCUT2D eigenvalue weighted by atomic mass is 15.3. The molecular formula is C68H70BN3. The van der Waals surface area contributed by atoms with Crippen LogP contribution in [0.1, 0.15) is 128 Å². The molecule has 3 nitrogen and oxygen atoms in total. The van der Waals surface area contributed by atoms with Gasteiger partial charge in [-0.15, -0.1) is 0 Å². The minimum atomic E-state index is -0.196. The number of hydrogen-bond donors (Lipinski definition) is 0. The third-order valence-corrected chi connectivity index (χ3v) is 17.3. The van der Waals surface area contributed by atoms with Gasteiger partial charge in [-0.25, -0.2) is 0 Å². The summed E-state index contributed by atoms with van der Waals surface area (Å²) >= 11 is 0. The van der Waals surface area contributed by atoms with Crippen molar-refractivity contribution in [3.63, 3.8) is 0 Å². The number of benzene rings is 8. The summed E-state index contributed by atoms with van der Waals surface area (Å²) in [5.41, 5.74) is 24.3. The Morgan fingerprint density at radius 3 is 1.68 bits per heavy atom. The number of para-hydroxylation sites is 2. The molecule has 0 spiro atoms. The van der Waals surface area contributed by atoms with Crippen LogP contribution < -0.4 is 31.1 Å². The topological polar surface area (TPSA) is 9.72 Å². The summed E-state index contributed by atoms with van der Waals surface area (Å²) in [6.45, 7) is 25.8. The van der Waals surface area contributed by atoms with E-state index in [2.05, 4.69) is 267 Å². The molecule has 8 aromatic rings. The number of hydrogen-bond acceptors (Lipinski definition) is 3.